The lowest BCUT2D eigenvalue weighted by Gasteiger charge is -2.04. The number of nitrogens with one attached hydrogen (secondary N) is 1. The van der Waals surface area contributed by atoms with Crippen molar-refractivity contribution in [3.63, 3.8) is 0 Å². The molecule has 0 amide bonds. The Hall–Kier alpha value is -2.04. The van der Waals surface area contributed by atoms with Gasteiger partial charge in [-0.05, 0) is 12.1 Å². The maximum atomic E-state index is 5.18. The first kappa shape index (κ1) is 10.5. The fourth-order valence-corrected chi connectivity index (χ4v) is 1.56. The van der Waals surface area contributed by atoms with Crippen LogP contribution in [0.5, 0.6) is 5.75 Å². The Morgan fingerprint density at radius 2 is 2.12 bits per heavy atom. The third-order valence-corrected chi connectivity index (χ3v) is 2.43. The summed E-state index contributed by atoms with van der Waals surface area (Å²) < 4.78 is 7.07. The van der Waals surface area contributed by atoms with E-state index in [1.165, 1.54) is 0 Å². The molecule has 0 aliphatic heterocycles. The smallest absolute Gasteiger partial charge is 0.224 e. The second-order valence-corrected chi connectivity index (χ2v) is 3.39. The van der Waals surface area contributed by atoms with E-state index in [9.17, 15) is 0 Å². The van der Waals surface area contributed by atoms with E-state index < -0.39 is 0 Å². The molecule has 1 heterocycles. The topological polar surface area (TPSA) is 52.0 Å². The number of rotatable bonds is 3. The maximum absolute atomic E-state index is 5.18. The minimum absolute atomic E-state index is 0.734. The molecule has 0 saturated carbocycles. The zero-order valence-electron chi connectivity index (χ0n) is 9.56. The van der Waals surface area contributed by atoms with Crippen LogP contribution in [0.3, 0.4) is 0 Å². The van der Waals surface area contributed by atoms with Gasteiger partial charge in [0, 0.05) is 19.7 Å². The first-order valence-electron chi connectivity index (χ1n) is 4.98. The quantitative estimate of drug-likeness (QED) is 0.848. The summed E-state index contributed by atoms with van der Waals surface area (Å²) in [6.07, 6.45) is 0. The second-order valence-electron chi connectivity index (χ2n) is 3.39. The SMILES string of the molecule is CNc1nnc(-c2cccc(OC)c2)n1C. The fourth-order valence-electron chi connectivity index (χ4n) is 1.56. The third kappa shape index (κ3) is 1.71. The maximum Gasteiger partial charge on any atom is 0.224 e. The number of benzene rings is 1. The Balaban J connectivity index is 2.45. The van der Waals surface area contributed by atoms with Crippen LogP contribution in [0.2, 0.25) is 0 Å². The molecule has 0 fully saturated rings. The standard InChI is InChI=1S/C11H14N4O/c1-12-11-14-13-10(15(11)2)8-5-4-6-9(7-8)16-3/h4-7H,1-3H3,(H,12,14). The minimum atomic E-state index is 0.734. The molecule has 0 saturated heterocycles. The number of nitrogens with zero attached hydrogens (tertiary/aromatic N) is 3. The highest BCUT2D eigenvalue weighted by Gasteiger charge is 2.09. The van der Waals surface area contributed by atoms with E-state index in [0.29, 0.717) is 0 Å². The highest BCUT2D eigenvalue weighted by atomic mass is 16.5. The van der Waals surface area contributed by atoms with E-state index in [0.717, 1.165) is 23.1 Å². The molecular weight excluding hydrogens is 204 g/mol. The molecule has 16 heavy (non-hydrogen) atoms. The number of hydrogen-bond acceptors (Lipinski definition) is 4. The van der Waals surface area contributed by atoms with Gasteiger partial charge in [0.1, 0.15) is 5.75 Å². The first-order chi connectivity index (χ1) is 7.76. The lowest BCUT2D eigenvalue weighted by molar-refractivity contribution is 0.415. The minimum Gasteiger partial charge on any atom is -0.497 e. The van der Waals surface area contributed by atoms with E-state index in [1.54, 1.807) is 7.11 Å². The van der Waals surface area contributed by atoms with Crippen molar-refractivity contribution >= 4 is 5.95 Å². The number of aromatic nitrogens is 3. The molecule has 0 aliphatic carbocycles. The van der Waals surface area contributed by atoms with Crippen LogP contribution in [-0.4, -0.2) is 28.9 Å². The van der Waals surface area contributed by atoms with Crippen LogP contribution < -0.4 is 10.1 Å². The predicted molar refractivity (Wildman–Crippen MR) is 62.5 cm³/mol. The molecule has 2 aromatic rings. The highest BCUT2D eigenvalue weighted by Crippen LogP contribution is 2.23. The molecule has 0 aliphatic rings. The monoisotopic (exact) mass is 218 g/mol. The number of methoxy groups -OCH3 is 1. The first-order valence-corrected chi connectivity index (χ1v) is 4.98. The Kier molecular flexibility index (Phi) is 2.76. The predicted octanol–water partition coefficient (Wildman–Crippen LogP) is 1.53. The van der Waals surface area contributed by atoms with Crippen molar-refractivity contribution in [2.45, 2.75) is 0 Å². The summed E-state index contributed by atoms with van der Waals surface area (Å²) in [5, 5.41) is 11.1. The van der Waals surface area contributed by atoms with Crippen LogP contribution >= 0.6 is 0 Å². The third-order valence-electron chi connectivity index (χ3n) is 2.43. The van der Waals surface area contributed by atoms with Gasteiger partial charge in [-0.1, -0.05) is 12.1 Å². The summed E-state index contributed by atoms with van der Waals surface area (Å²) in [4.78, 5) is 0. The summed E-state index contributed by atoms with van der Waals surface area (Å²) in [7, 11) is 5.38. The van der Waals surface area contributed by atoms with E-state index in [-0.39, 0.29) is 0 Å². The molecule has 5 nitrogen and oxygen atoms in total. The van der Waals surface area contributed by atoms with Crippen LogP contribution in [0.4, 0.5) is 5.95 Å². The van der Waals surface area contributed by atoms with Crippen molar-refractivity contribution in [3.05, 3.63) is 24.3 Å². The molecule has 1 N–H and O–H groups in total. The van der Waals surface area contributed by atoms with Gasteiger partial charge >= 0.3 is 0 Å². The van der Waals surface area contributed by atoms with Crippen LogP contribution in [-0.2, 0) is 7.05 Å². The number of ether oxygens (including phenoxy) is 1. The Morgan fingerprint density at radius 3 is 2.75 bits per heavy atom. The molecule has 84 valence electrons. The van der Waals surface area contributed by atoms with Crippen LogP contribution in [0.15, 0.2) is 24.3 Å². The van der Waals surface area contributed by atoms with Gasteiger partial charge in [0.25, 0.3) is 0 Å². The van der Waals surface area contributed by atoms with E-state index >= 15 is 0 Å². The van der Waals surface area contributed by atoms with Gasteiger partial charge < -0.3 is 10.1 Å². The molecule has 0 radical (unpaired) electrons. The van der Waals surface area contributed by atoms with Gasteiger partial charge in [0.15, 0.2) is 5.82 Å². The Labute approximate surface area is 94.1 Å². The van der Waals surface area contributed by atoms with Crippen LogP contribution in [0, 0.1) is 0 Å². The summed E-state index contributed by atoms with van der Waals surface area (Å²) >= 11 is 0. The van der Waals surface area contributed by atoms with E-state index in [2.05, 4.69) is 15.5 Å². The molecule has 1 aromatic heterocycles. The zero-order valence-corrected chi connectivity index (χ0v) is 9.56. The summed E-state index contributed by atoms with van der Waals surface area (Å²) in [5.41, 5.74) is 0.982. The average molecular weight is 218 g/mol. The molecular formula is C11H14N4O. The largest absolute Gasteiger partial charge is 0.497 e. The van der Waals surface area contributed by atoms with Gasteiger partial charge in [-0.15, -0.1) is 10.2 Å². The van der Waals surface area contributed by atoms with Gasteiger partial charge in [-0.25, -0.2) is 0 Å². The molecule has 1 aromatic carbocycles. The van der Waals surface area contributed by atoms with Crippen molar-refractivity contribution in [2.75, 3.05) is 19.5 Å². The van der Waals surface area contributed by atoms with E-state index in [4.69, 9.17) is 4.74 Å². The Morgan fingerprint density at radius 1 is 1.31 bits per heavy atom. The fraction of sp³-hybridized carbons (Fsp3) is 0.273. The molecule has 0 atom stereocenters. The molecule has 2 rings (SSSR count). The van der Waals surface area contributed by atoms with Crippen molar-refractivity contribution in [1.29, 1.82) is 0 Å². The van der Waals surface area contributed by atoms with Gasteiger partial charge in [0.2, 0.25) is 5.95 Å². The Bertz CT molecular complexity index is 492. The summed E-state index contributed by atoms with van der Waals surface area (Å²) in [6.45, 7) is 0. The van der Waals surface area contributed by atoms with Crippen molar-refractivity contribution in [1.82, 2.24) is 14.8 Å². The number of hydrogen-bond donors (Lipinski definition) is 1. The van der Waals surface area contributed by atoms with Crippen molar-refractivity contribution in [2.24, 2.45) is 7.05 Å². The lowest BCUT2D eigenvalue weighted by atomic mass is 10.2. The second kappa shape index (κ2) is 4.22. The zero-order chi connectivity index (χ0) is 11.5. The number of anilines is 1. The summed E-state index contributed by atoms with van der Waals surface area (Å²) in [5.74, 6) is 2.35. The molecule has 0 spiro atoms. The lowest BCUT2D eigenvalue weighted by Crippen LogP contribution is -1.99. The average Bonchev–Trinajstić information content (AvgIpc) is 2.70. The van der Waals surface area contributed by atoms with Crippen LogP contribution in [0.1, 0.15) is 0 Å². The van der Waals surface area contributed by atoms with Crippen molar-refractivity contribution < 1.29 is 4.74 Å². The van der Waals surface area contributed by atoms with Crippen LogP contribution in [0.25, 0.3) is 11.4 Å². The summed E-state index contributed by atoms with van der Waals surface area (Å²) in [6, 6.07) is 7.75. The van der Waals surface area contributed by atoms with Crippen molar-refractivity contribution in [3.8, 4) is 17.1 Å². The van der Waals surface area contributed by atoms with Gasteiger partial charge in [0.05, 0.1) is 7.11 Å². The molecule has 5 heteroatoms. The highest BCUT2D eigenvalue weighted by molar-refractivity contribution is 5.59. The normalized spacial score (nSPS) is 10.2. The van der Waals surface area contributed by atoms with Gasteiger partial charge in [-0.3, -0.25) is 4.57 Å². The molecule has 0 unspecified atom stereocenters. The molecule has 0 bridgehead atoms. The van der Waals surface area contributed by atoms with Gasteiger partial charge in [-0.2, -0.15) is 0 Å². The van der Waals surface area contributed by atoms with E-state index in [1.807, 2.05) is 42.9 Å².